The summed E-state index contributed by atoms with van der Waals surface area (Å²) in [6.45, 7) is 9.91. The van der Waals surface area contributed by atoms with Crippen LogP contribution in [-0.2, 0) is 18.0 Å². The van der Waals surface area contributed by atoms with Gasteiger partial charge in [0.25, 0.3) is 5.91 Å². The molecule has 0 bridgehead atoms. The Morgan fingerprint density at radius 2 is 1.90 bits per heavy atom. The summed E-state index contributed by atoms with van der Waals surface area (Å²) in [7, 11) is -0.0760. The Morgan fingerprint density at radius 1 is 1.18 bits per heavy atom. The number of nitrogens with two attached hydrogens (primary N) is 1. The molecular formula is C29H32F2N6O2Si. The van der Waals surface area contributed by atoms with Crippen LogP contribution in [0.4, 0.5) is 14.6 Å². The van der Waals surface area contributed by atoms with Crippen molar-refractivity contribution in [3.05, 3.63) is 59.0 Å². The predicted molar refractivity (Wildman–Crippen MR) is 153 cm³/mol. The van der Waals surface area contributed by atoms with Gasteiger partial charge in [-0.05, 0) is 58.5 Å². The molecule has 40 heavy (non-hydrogen) atoms. The van der Waals surface area contributed by atoms with Crippen LogP contribution in [0, 0.1) is 23.5 Å². The molecular weight excluding hydrogens is 530 g/mol. The molecule has 8 nitrogen and oxygen atoms in total. The quantitative estimate of drug-likeness (QED) is 0.257. The number of benzene rings is 1. The van der Waals surface area contributed by atoms with E-state index >= 15 is 8.78 Å². The van der Waals surface area contributed by atoms with E-state index in [0.29, 0.717) is 27.4 Å². The summed E-state index contributed by atoms with van der Waals surface area (Å²) < 4.78 is 38.1. The molecule has 0 radical (unpaired) electrons. The van der Waals surface area contributed by atoms with Gasteiger partial charge in [-0.3, -0.25) is 14.5 Å². The first-order chi connectivity index (χ1) is 18.7. The lowest BCUT2D eigenvalue weighted by Crippen LogP contribution is -2.37. The van der Waals surface area contributed by atoms with Crippen molar-refractivity contribution in [2.75, 3.05) is 5.73 Å². The Kier molecular flexibility index (Phi) is 6.88. The maximum atomic E-state index is 15.3. The van der Waals surface area contributed by atoms with Crippen LogP contribution in [0.1, 0.15) is 48.3 Å². The summed E-state index contributed by atoms with van der Waals surface area (Å²) in [5.74, 6) is 4.40. The number of amides is 1. The summed E-state index contributed by atoms with van der Waals surface area (Å²) in [6, 6.07) is 3.87. The third-order valence-electron chi connectivity index (χ3n) is 6.58. The number of hydrogen-bond donors (Lipinski definition) is 1. The van der Waals surface area contributed by atoms with Gasteiger partial charge in [0.2, 0.25) is 0 Å². The second kappa shape index (κ2) is 9.94. The fraction of sp³-hybridized carbons (Fsp3) is 0.379. The standard InChI is InChI=1S/C29H32F2N6O2Si/c1-29(2,39-40(4,5)6)10-9-17-11-23(31)25(33-14-17)16-37(18-7-8-18)28(38)19-12-20-24(13-22(19)30)35-27(32)21-15-34-36(3)26(20)21/h11-15,18H,7-8,16H2,1-6H3,(H2,32,35). The summed E-state index contributed by atoms with van der Waals surface area (Å²) in [4.78, 5) is 23.7. The van der Waals surface area contributed by atoms with E-state index in [0.717, 1.165) is 12.8 Å². The molecule has 208 valence electrons. The molecule has 0 unspecified atom stereocenters. The van der Waals surface area contributed by atoms with Crippen molar-refractivity contribution in [3.63, 3.8) is 0 Å². The van der Waals surface area contributed by atoms with E-state index in [9.17, 15) is 4.79 Å². The van der Waals surface area contributed by atoms with E-state index in [1.165, 1.54) is 29.3 Å². The molecule has 1 aromatic carbocycles. The highest BCUT2D eigenvalue weighted by Crippen LogP contribution is 2.33. The van der Waals surface area contributed by atoms with E-state index in [2.05, 4.69) is 46.5 Å². The number of fused-ring (bicyclic) bond motifs is 3. The zero-order valence-corrected chi connectivity index (χ0v) is 24.5. The highest BCUT2D eigenvalue weighted by molar-refractivity contribution is 6.69. The van der Waals surface area contributed by atoms with E-state index in [1.807, 2.05) is 13.8 Å². The fourth-order valence-electron chi connectivity index (χ4n) is 4.88. The first kappa shape index (κ1) is 27.7. The second-order valence-corrected chi connectivity index (χ2v) is 16.1. The lowest BCUT2D eigenvalue weighted by Gasteiger charge is -2.28. The highest BCUT2D eigenvalue weighted by Gasteiger charge is 2.35. The van der Waals surface area contributed by atoms with Gasteiger partial charge in [0, 0.05) is 36.3 Å². The molecule has 1 saturated carbocycles. The monoisotopic (exact) mass is 562 g/mol. The number of nitrogens with zero attached hydrogens (tertiary/aromatic N) is 5. The van der Waals surface area contributed by atoms with E-state index < -0.39 is 31.5 Å². The van der Waals surface area contributed by atoms with Crippen LogP contribution in [-0.4, -0.2) is 50.5 Å². The molecule has 11 heteroatoms. The zero-order valence-electron chi connectivity index (χ0n) is 23.5. The number of carbonyl (C=O) groups excluding carboxylic acids is 1. The number of aromatic nitrogens is 4. The Labute approximate surface area is 232 Å². The molecule has 0 saturated heterocycles. The van der Waals surface area contributed by atoms with Gasteiger partial charge in [0.15, 0.2) is 8.32 Å². The third-order valence-corrected chi connectivity index (χ3v) is 7.70. The normalized spacial score (nSPS) is 13.9. The van der Waals surface area contributed by atoms with Crippen LogP contribution in [0.25, 0.3) is 21.8 Å². The van der Waals surface area contributed by atoms with Crippen LogP contribution in [0.5, 0.6) is 0 Å². The van der Waals surface area contributed by atoms with Crippen molar-refractivity contribution >= 4 is 41.8 Å². The minimum absolute atomic E-state index is 0.0908. The number of rotatable bonds is 6. The number of pyridine rings is 2. The molecule has 3 aromatic heterocycles. The minimum Gasteiger partial charge on any atom is -0.402 e. The van der Waals surface area contributed by atoms with Crippen LogP contribution >= 0.6 is 0 Å². The van der Waals surface area contributed by atoms with Crippen molar-refractivity contribution in [2.45, 2.75) is 64.5 Å². The molecule has 4 aromatic rings. The lowest BCUT2D eigenvalue weighted by molar-refractivity contribution is 0.0721. The molecule has 0 atom stereocenters. The maximum absolute atomic E-state index is 15.3. The maximum Gasteiger partial charge on any atom is 0.257 e. The average Bonchev–Trinajstić information content (AvgIpc) is 3.61. The third kappa shape index (κ3) is 5.69. The van der Waals surface area contributed by atoms with Crippen molar-refractivity contribution in [1.29, 1.82) is 0 Å². The molecule has 0 spiro atoms. The lowest BCUT2D eigenvalue weighted by atomic mass is 10.1. The van der Waals surface area contributed by atoms with Gasteiger partial charge in [0.1, 0.15) is 23.1 Å². The first-order valence-electron chi connectivity index (χ1n) is 13.1. The molecule has 2 N–H and O–H groups in total. The van der Waals surface area contributed by atoms with Crippen LogP contribution in [0.15, 0.2) is 30.6 Å². The van der Waals surface area contributed by atoms with Gasteiger partial charge in [-0.25, -0.2) is 13.8 Å². The number of hydrogen-bond acceptors (Lipinski definition) is 6. The minimum atomic E-state index is -1.82. The van der Waals surface area contributed by atoms with Crippen LogP contribution in [0.3, 0.4) is 0 Å². The SMILES string of the molecule is Cn1ncc2c(N)nc3cc(F)c(C(=O)N(Cc4ncc(C#CC(C)(C)O[Si](C)(C)C)cc4F)C4CC4)cc3c21. The van der Waals surface area contributed by atoms with Gasteiger partial charge in [0.05, 0.1) is 40.4 Å². The molecule has 1 fully saturated rings. The average molecular weight is 563 g/mol. The Morgan fingerprint density at radius 3 is 2.55 bits per heavy atom. The van der Waals surface area contributed by atoms with E-state index in [4.69, 9.17) is 10.2 Å². The predicted octanol–water partition coefficient (Wildman–Crippen LogP) is 5.16. The van der Waals surface area contributed by atoms with Crippen molar-refractivity contribution in [2.24, 2.45) is 7.05 Å². The van der Waals surface area contributed by atoms with Crippen LogP contribution < -0.4 is 5.73 Å². The molecule has 1 amide bonds. The van der Waals surface area contributed by atoms with Crippen molar-refractivity contribution < 1.29 is 18.0 Å². The topological polar surface area (TPSA) is 99.2 Å². The summed E-state index contributed by atoms with van der Waals surface area (Å²) in [6.07, 6.45) is 4.57. The van der Waals surface area contributed by atoms with Gasteiger partial charge >= 0.3 is 0 Å². The van der Waals surface area contributed by atoms with Crippen molar-refractivity contribution in [3.8, 4) is 11.8 Å². The summed E-state index contributed by atoms with van der Waals surface area (Å²) >= 11 is 0. The number of halogens is 2. The number of anilines is 1. The highest BCUT2D eigenvalue weighted by atomic mass is 28.4. The molecule has 3 heterocycles. The molecule has 5 rings (SSSR count). The fourth-order valence-corrected chi connectivity index (χ4v) is 6.46. The Balaban J connectivity index is 1.44. The Bertz CT molecular complexity index is 1710. The molecule has 0 aliphatic heterocycles. The van der Waals surface area contributed by atoms with Gasteiger partial charge in [-0.2, -0.15) is 5.10 Å². The number of carbonyl (C=O) groups is 1. The number of nitrogen functional groups attached to an aromatic ring is 1. The van der Waals surface area contributed by atoms with Crippen LogP contribution in [0.2, 0.25) is 19.6 Å². The second-order valence-electron chi connectivity index (χ2n) is 11.7. The van der Waals surface area contributed by atoms with Gasteiger partial charge < -0.3 is 15.1 Å². The zero-order chi connectivity index (χ0) is 29.0. The van der Waals surface area contributed by atoms with E-state index in [-0.39, 0.29) is 29.7 Å². The molecule has 1 aliphatic carbocycles. The largest absolute Gasteiger partial charge is 0.402 e. The molecule has 1 aliphatic rings. The van der Waals surface area contributed by atoms with Gasteiger partial charge in [-0.15, -0.1) is 0 Å². The van der Waals surface area contributed by atoms with E-state index in [1.54, 1.807) is 17.9 Å². The first-order valence-corrected chi connectivity index (χ1v) is 16.5. The smallest absolute Gasteiger partial charge is 0.257 e. The Hall–Kier alpha value is -3.88. The summed E-state index contributed by atoms with van der Waals surface area (Å²) in [5, 5.41) is 5.40. The van der Waals surface area contributed by atoms with Crippen molar-refractivity contribution in [1.82, 2.24) is 24.6 Å². The van der Waals surface area contributed by atoms with Gasteiger partial charge in [-0.1, -0.05) is 11.8 Å². The number of aryl methyl sites for hydroxylation is 1. The summed E-state index contributed by atoms with van der Waals surface area (Å²) in [5.41, 5.74) is 6.71.